The van der Waals surface area contributed by atoms with Gasteiger partial charge in [0.05, 0.1) is 5.69 Å². The van der Waals surface area contributed by atoms with Crippen LogP contribution in [-0.2, 0) is 4.79 Å². The van der Waals surface area contributed by atoms with E-state index < -0.39 is 5.54 Å². The molecule has 3 heteroatoms. The number of carbonyl (C=O) groups is 1. The van der Waals surface area contributed by atoms with Crippen molar-refractivity contribution in [2.75, 3.05) is 5.32 Å². The van der Waals surface area contributed by atoms with E-state index in [0.29, 0.717) is 0 Å². The van der Waals surface area contributed by atoms with Crippen LogP contribution >= 0.6 is 0 Å². The highest BCUT2D eigenvalue weighted by Gasteiger charge is 2.47. The Morgan fingerprint density at radius 3 is 2.08 bits per heavy atom. The van der Waals surface area contributed by atoms with Crippen LogP contribution in [0.25, 0.3) is 0 Å². The summed E-state index contributed by atoms with van der Waals surface area (Å²) in [7, 11) is 0. The molecule has 0 saturated carbocycles. The summed E-state index contributed by atoms with van der Waals surface area (Å²) in [6.07, 6.45) is 5.60. The van der Waals surface area contributed by atoms with Gasteiger partial charge in [0, 0.05) is 11.1 Å². The Bertz CT molecular complexity index is 781. The molecule has 0 bridgehead atoms. The molecule has 1 aliphatic carbocycles. The zero-order valence-corrected chi connectivity index (χ0v) is 16.6. The molecule has 26 heavy (non-hydrogen) atoms. The highest BCUT2D eigenvalue weighted by Crippen LogP contribution is 2.46. The lowest BCUT2D eigenvalue weighted by atomic mass is 9.67. The minimum atomic E-state index is -0.630. The first-order valence-corrected chi connectivity index (χ1v) is 9.16. The standard InChI is InChI=1S/C23H29NO2/c1-8-19-23(24-17-11-9-10-12-18(17)26-19)13-15(21(2,3)4)20(25)16(14-23)22(5,6)7/h8-14,19,24H,1H2,2-7H3/t19-/m1/s1. The maximum Gasteiger partial charge on any atom is 0.185 e. The quantitative estimate of drug-likeness (QED) is 0.697. The van der Waals surface area contributed by atoms with Crippen molar-refractivity contribution < 1.29 is 9.53 Å². The van der Waals surface area contributed by atoms with Crippen molar-refractivity contribution in [2.45, 2.75) is 53.2 Å². The third kappa shape index (κ3) is 3.00. The number of allylic oxidation sites excluding steroid dienone is 2. The van der Waals surface area contributed by atoms with Gasteiger partial charge < -0.3 is 10.1 Å². The van der Waals surface area contributed by atoms with Crippen LogP contribution in [0.15, 0.2) is 60.2 Å². The molecule has 0 saturated heterocycles. The normalized spacial score (nSPS) is 21.9. The maximum atomic E-state index is 13.3. The number of ether oxygens (including phenoxy) is 1. The Labute approximate surface area is 156 Å². The summed E-state index contributed by atoms with van der Waals surface area (Å²) in [5, 5.41) is 3.64. The van der Waals surface area contributed by atoms with E-state index in [4.69, 9.17) is 4.74 Å². The van der Waals surface area contributed by atoms with Crippen molar-refractivity contribution in [2.24, 2.45) is 10.8 Å². The van der Waals surface area contributed by atoms with Gasteiger partial charge in [-0.2, -0.15) is 0 Å². The first-order valence-electron chi connectivity index (χ1n) is 9.16. The van der Waals surface area contributed by atoms with Crippen LogP contribution in [-0.4, -0.2) is 17.4 Å². The molecule has 1 aliphatic heterocycles. The van der Waals surface area contributed by atoms with Crippen LogP contribution in [0.4, 0.5) is 5.69 Å². The van der Waals surface area contributed by atoms with Crippen LogP contribution in [0, 0.1) is 10.8 Å². The molecule has 1 spiro atoms. The Morgan fingerprint density at radius 2 is 1.58 bits per heavy atom. The van der Waals surface area contributed by atoms with Crippen molar-refractivity contribution in [3.05, 3.63) is 60.2 Å². The molecule has 138 valence electrons. The molecule has 2 aliphatic rings. The summed E-state index contributed by atoms with van der Waals surface area (Å²) in [6, 6.07) is 7.88. The fourth-order valence-electron chi connectivity index (χ4n) is 3.60. The number of fused-ring (bicyclic) bond motifs is 1. The fraction of sp³-hybridized carbons (Fsp3) is 0.435. The second-order valence-electron chi connectivity index (χ2n) is 9.27. The summed E-state index contributed by atoms with van der Waals surface area (Å²) in [6.45, 7) is 16.5. The Morgan fingerprint density at radius 1 is 1.04 bits per heavy atom. The summed E-state index contributed by atoms with van der Waals surface area (Å²) < 4.78 is 6.25. The van der Waals surface area contributed by atoms with E-state index in [9.17, 15) is 4.79 Å². The number of para-hydroxylation sites is 2. The molecular formula is C23H29NO2. The molecule has 1 N–H and O–H groups in total. The van der Waals surface area contributed by atoms with Crippen molar-refractivity contribution >= 4 is 11.5 Å². The Hall–Kier alpha value is -2.29. The van der Waals surface area contributed by atoms with E-state index in [2.05, 4.69) is 53.4 Å². The molecule has 0 unspecified atom stereocenters. The van der Waals surface area contributed by atoms with E-state index in [1.54, 1.807) is 0 Å². The highest BCUT2D eigenvalue weighted by atomic mass is 16.5. The van der Waals surface area contributed by atoms with Crippen molar-refractivity contribution in [1.29, 1.82) is 0 Å². The topological polar surface area (TPSA) is 38.3 Å². The van der Waals surface area contributed by atoms with Crippen LogP contribution in [0.2, 0.25) is 0 Å². The van der Waals surface area contributed by atoms with Gasteiger partial charge in [-0.1, -0.05) is 60.3 Å². The summed E-state index contributed by atoms with van der Waals surface area (Å²) in [5.74, 6) is 0.926. The molecule has 0 aromatic heterocycles. The monoisotopic (exact) mass is 351 g/mol. The van der Waals surface area contributed by atoms with E-state index in [-0.39, 0.29) is 22.7 Å². The molecule has 1 heterocycles. The Kier molecular flexibility index (Phi) is 4.18. The molecule has 1 aromatic rings. The third-order valence-corrected chi connectivity index (χ3v) is 5.05. The molecule has 0 radical (unpaired) electrons. The summed E-state index contributed by atoms with van der Waals surface area (Å²) in [4.78, 5) is 13.3. The molecular weight excluding hydrogens is 322 g/mol. The van der Waals surface area contributed by atoms with E-state index in [1.807, 2.05) is 42.5 Å². The van der Waals surface area contributed by atoms with Gasteiger partial charge in [-0.05, 0) is 41.2 Å². The first-order chi connectivity index (χ1) is 12.0. The molecule has 3 nitrogen and oxygen atoms in total. The lowest BCUT2D eigenvalue weighted by molar-refractivity contribution is -0.114. The number of benzene rings is 1. The van der Waals surface area contributed by atoms with Crippen LogP contribution < -0.4 is 10.1 Å². The van der Waals surface area contributed by atoms with Crippen LogP contribution in [0.5, 0.6) is 5.75 Å². The average Bonchev–Trinajstić information content (AvgIpc) is 2.54. The predicted octanol–water partition coefficient (Wildman–Crippen LogP) is 5.31. The zero-order chi connectivity index (χ0) is 19.3. The largest absolute Gasteiger partial charge is 0.481 e. The highest BCUT2D eigenvalue weighted by molar-refractivity contribution is 6.11. The van der Waals surface area contributed by atoms with Gasteiger partial charge in [-0.3, -0.25) is 4.79 Å². The van der Waals surface area contributed by atoms with Gasteiger partial charge in [0.1, 0.15) is 17.4 Å². The van der Waals surface area contributed by atoms with Crippen LogP contribution in [0.1, 0.15) is 41.5 Å². The number of carbonyl (C=O) groups excluding carboxylic acids is 1. The fourth-order valence-corrected chi connectivity index (χ4v) is 3.60. The minimum Gasteiger partial charge on any atom is -0.481 e. The van der Waals surface area contributed by atoms with Gasteiger partial charge in [0.15, 0.2) is 5.78 Å². The number of Topliss-reactive ketones (excluding diaryl/α,β-unsaturated/α-hetero) is 1. The summed E-state index contributed by atoms with van der Waals surface area (Å²) in [5.41, 5.74) is 1.39. The van der Waals surface area contributed by atoms with Crippen molar-refractivity contribution in [3.8, 4) is 5.75 Å². The van der Waals surface area contributed by atoms with E-state index >= 15 is 0 Å². The van der Waals surface area contributed by atoms with Crippen molar-refractivity contribution in [3.63, 3.8) is 0 Å². The third-order valence-electron chi connectivity index (χ3n) is 5.05. The van der Waals surface area contributed by atoms with E-state index in [0.717, 1.165) is 22.6 Å². The molecule has 1 aromatic carbocycles. The predicted molar refractivity (Wildman–Crippen MR) is 107 cm³/mol. The van der Waals surface area contributed by atoms with Gasteiger partial charge in [0.2, 0.25) is 0 Å². The van der Waals surface area contributed by atoms with Crippen LogP contribution in [0.3, 0.4) is 0 Å². The SMILES string of the molecule is C=C[C@H]1Oc2ccccc2NC12C=C(C(C)(C)C)C(=O)C(C(C)(C)C)=C2. The zero-order valence-electron chi connectivity index (χ0n) is 16.6. The molecule has 1 atom stereocenters. The number of hydrogen-bond acceptors (Lipinski definition) is 3. The molecule has 0 amide bonds. The second-order valence-corrected chi connectivity index (χ2v) is 9.27. The summed E-state index contributed by atoms with van der Waals surface area (Å²) >= 11 is 0. The number of nitrogens with one attached hydrogen (secondary N) is 1. The van der Waals surface area contributed by atoms with Gasteiger partial charge in [-0.15, -0.1) is 0 Å². The van der Waals surface area contributed by atoms with Gasteiger partial charge in [-0.25, -0.2) is 0 Å². The molecule has 0 fully saturated rings. The average molecular weight is 351 g/mol. The maximum absolute atomic E-state index is 13.3. The second kappa shape index (κ2) is 5.87. The lowest BCUT2D eigenvalue weighted by Crippen LogP contribution is -2.54. The first kappa shape index (κ1) is 18.5. The van der Waals surface area contributed by atoms with E-state index in [1.165, 1.54) is 0 Å². The van der Waals surface area contributed by atoms with Gasteiger partial charge in [0.25, 0.3) is 0 Å². The number of rotatable bonds is 1. The number of ketones is 1. The number of hydrogen-bond donors (Lipinski definition) is 1. The smallest absolute Gasteiger partial charge is 0.185 e. The van der Waals surface area contributed by atoms with Gasteiger partial charge >= 0.3 is 0 Å². The molecule has 3 rings (SSSR count). The van der Waals surface area contributed by atoms with Crippen molar-refractivity contribution in [1.82, 2.24) is 0 Å². The minimum absolute atomic E-state index is 0.124. The lowest BCUT2D eigenvalue weighted by Gasteiger charge is -2.46. The Balaban J connectivity index is 2.25. The number of anilines is 1.